The molecular formula is C15H13NO4. The van der Waals surface area contributed by atoms with Crippen LogP contribution in [0.3, 0.4) is 0 Å². The normalized spacial score (nSPS) is 24.0. The Balaban J connectivity index is 2.05. The zero-order valence-corrected chi connectivity index (χ0v) is 11.0. The second-order valence-corrected chi connectivity index (χ2v) is 4.76. The smallest absolute Gasteiger partial charge is 0.231 e. The van der Waals surface area contributed by atoms with E-state index < -0.39 is 5.41 Å². The lowest BCUT2D eigenvalue weighted by Crippen LogP contribution is -2.36. The molecule has 0 saturated heterocycles. The van der Waals surface area contributed by atoms with Crippen LogP contribution in [0.25, 0.3) is 0 Å². The average Bonchev–Trinajstić information content (AvgIpc) is 2.95. The van der Waals surface area contributed by atoms with Crippen molar-refractivity contribution < 1.29 is 19.0 Å². The number of ketones is 1. The van der Waals surface area contributed by atoms with Crippen molar-refractivity contribution in [3.63, 3.8) is 0 Å². The highest BCUT2D eigenvalue weighted by molar-refractivity contribution is 6.02. The summed E-state index contributed by atoms with van der Waals surface area (Å²) in [6, 6.07) is 7.38. The van der Waals surface area contributed by atoms with Gasteiger partial charge in [0, 0.05) is 12.5 Å². The molecule has 3 rings (SSSR count). The lowest BCUT2D eigenvalue weighted by Gasteiger charge is -2.28. The quantitative estimate of drug-likeness (QED) is 0.823. The van der Waals surface area contributed by atoms with Gasteiger partial charge in [0.2, 0.25) is 6.79 Å². The molecule has 0 spiro atoms. The summed E-state index contributed by atoms with van der Waals surface area (Å²) < 4.78 is 15.7. The summed E-state index contributed by atoms with van der Waals surface area (Å²) in [5.41, 5.74) is -0.524. The largest absolute Gasteiger partial charge is 0.501 e. The molecule has 2 aliphatic rings. The van der Waals surface area contributed by atoms with Crippen LogP contribution in [-0.2, 0) is 14.9 Å². The first kappa shape index (κ1) is 12.5. The van der Waals surface area contributed by atoms with Gasteiger partial charge in [-0.15, -0.1) is 0 Å². The van der Waals surface area contributed by atoms with Crippen LogP contribution in [0.15, 0.2) is 30.0 Å². The predicted molar refractivity (Wildman–Crippen MR) is 69.2 cm³/mol. The van der Waals surface area contributed by atoms with Crippen LogP contribution in [0.5, 0.6) is 11.5 Å². The molecule has 0 radical (unpaired) electrons. The molecule has 20 heavy (non-hydrogen) atoms. The van der Waals surface area contributed by atoms with Crippen LogP contribution in [0.1, 0.15) is 18.4 Å². The number of nitrogens with zero attached hydrogens (tertiary/aromatic N) is 1. The van der Waals surface area contributed by atoms with Gasteiger partial charge in [-0.3, -0.25) is 4.79 Å². The number of carbonyl (C=O) groups excluding carboxylic acids is 1. The molecule has 1 heterocycles. The van der Waals surface area contributed by atoms with Crippen LogP contribution in [0, 0.1) is 11.3 Å². The lowest BCUT2D eigenvalue weighted by molar-refractivity contribution is -0.119. The number of ether oxygens (including phenoxy) is 3. The summed E-state index contributed by atoms with van der Waals surface area (Å²) in [7, 11) is 1.53. The number of allylic oxidation sites excluding steroid dienone is 2. The van der Waals surface area contributed by atoms with Crippen molar-refractivity contribution in [3.05, 3.63) is 35.6 Å². The highest BCUT2D eigenvalue weighted by Gasteiger charge is 2.42. The van der Waals surface area contributed by atoms with E-state index in [-0.39, 0.29) is 12.6 Å². The summed E-state index contributed by atoms with van der Waals surface area (Å²) >= 11 is 0. The number of carbonyl (C=O) groups is 1. The number of benzene rings is 1. The molecule has 5 heteroatoms. The summed E-state index contributed by atoms with van der Waals surface area (Å²) in [6.45, 7) is 0.167. The van der Waals surface area contributed by atoms with Crippen LogP contribution >= 0.6 is 0 Å². The molecule has 0 aromatic heterocycles. The van der Waals surface area contributed by atoms with Crippen molar-refractivity contribution in [2.45, 2.75) is 18.3 Å². The Hall–Kier alpha value is -2.48. The molecule has 1 aliphatic heterocycles. The van der Waals surface area contributed by atoms with E-state index in [2.05, 4.69) is 6.07 Å². The van der Waals surface area contributed by atoms with Gasteiger partial charge in [0.15, 0.2) is 17.3 Å². The van der Waals surface area contributed by atoms with E-state index in [1.807, 2.05) is 0 Å². The average molecular weight is 271 g/mol. The Bertz CT molecular complexity index is 644. The van der Waals surface area contributed by atoms with Crippen LogP contribution < -0.4 is 9.47 Å². The van der Waals surface area contributed by atoms with Crippen molar-refractivity contribution in [2.75, 3.05) is 13.9 Å². The molecule has 1 atom stereocenters. The molecule has 5 nitrogen and oxygen atoms in total. The highest BCUT2D eigenvalue weighted by atomic mass is 16.7. The number of hydrogen-bond donors (Lipinski definition) is 0. The third-order valence-corrected chi connectivity index (χ3v) is 3.78. The standard InChI is InChI=1S/C15H13NO4/c1-18-11-4-5-15(8-16,14(17)7-11)10-2-3-12-13(6-10)20-9-19-12/h2-3,6-7H,4-5,9H2,1H3/t15-/m0/s1. The third kappa shape index (κ3) is 1.73. The molecule has 0 amide bonds. The SMILES string of the molecule is COC1=CC(=O)[C@@](C#N)(c2ccc3c(c2)OCO3)CC1. The maximum atomic E-state index is 12.4. The zero-order chi connectivity index (χ0) is 14.2. The summed E-state index contributed by atoms with van der Waals surface area (Å²) in [6.07, 6.45) is 2.38. The molecule has 102 valence electrons. The Kier molecular flexibility index (Phi) is 2.87. The van der Waals surface area contributed by atoms with Gasteiger partial charge >= 0.3 is 0 Å². The summed E-state index contributed by atoms with van der Waals surface area (Å²) in [4.78, 5) is 12.4. The second-order valence-electron chi connectivity index (χ2n) is 4.76. The van der Waals surface area contributed by atoms with Crippen molar-refractivity contribution in [1.29, 1.82) is 5.26 Å². The third-order valence-electron chi connectivity index (χ3n) is 3.78. The van der Waals surface area contributed by atoms with Crippen LogP contribution in [0.4, 0.5) is 0 Å². The maximum Gasteiger partial charge on any atom is 0.231 e. The fraction of sp³-hybridized carbons (Fsp3) is 0.333. The number of methoxy groups -OCH3 is 1. The molecule has 0 N–H and O–H groups in total. The number of hydrogen-bond acceptors (Lipinski definition) is 5. The lowest BCUT2D eigenvalue weighted by atomic mass is 9.71. The zero-order valence-electron chi connectivity index (χ0n) is 11.0. The van der Waals surface area contributed by atoms with E-state index >= 15 is 0 Å². The highest BCUT2D eigenvalue weighted by Crippen LogP contribution is 2.41. The van der Waals surface area contributed by atoms with E-state index in [4.69, 9.17) is 14.2 Å². The molecule has 0 bridgehead atoms. The first-order valence-electron chi connectivity index (χ1n) is 6.30. The second kappa shape index (κ2) is 4.57. The van der Waals surface area contributed by atoms with Crippen LogP contribution in [0.2, 0.25) is 0 Å². The fourth-order valence-electron chi connectivity index (χ4n) is 2.56. The van der Waals surface area contributed by atoms with E-state index in [0.29, 0.717) is 35.7 Å². The van der Waals surface area contributed by atoms with Gasteiger partial charge < -0.3 is 14.2 Å². The number of fused-ring (bicyclic) bond motifs is 1. The van der Waals surface area contributed by atoms with Crippen molar-refractivity contribution in [2.24, 2.45) is 0 Å². The van der Waals surface area contributed by atoms with Crippen molar-refractivity contribution >= 4 is 5.78 Å². The van der Waals surface area contributed by atoms with Crippen molar-refractivity contribution in [3.8, 4) is 17.6 Å². The van der Waals surface area contributed by atoms with Gasteiger partial charge in [-0.1, -0.05) is 6.07 Å². The molecule has 1 aliphatic carbocycles. The first-order chi connectivity index (χ1) is 9.69. The topological polar surface area (TPSA) is 68.6 Å². The minimum Gasteiger partial charge on any atom is -0.501 e. The van der Waals surface area contributed by atoms with Gasteiger partial charge in [0.25, 0.3) is 0 Å². The minimum absolute atomic E-state index is 0.167. The summed E-state index contributed by atoms with van der Waals surface area (Å²) in [5.74, 6) is 1.58. The molecule has 0 fully saturated rings. The van der Waals surface area contributed by atoms with Gasteiger partial charge in [0.05, 0.1) is 18.9 Å². The Labute approximate surface area is 116 Å². The van der Waals surface area contributed by atoms with Crippen molar-refractivity contribution in [1.82, 2.24) is 0 Å². The predicted octanol–water partition coefficient (Wildman–Crippen LogP) is 2.07. The molecule has 0 saturated carbocycles. The molecule has 0 unspecified atom stereocenters. The van der Waals surface area contributed by atoms with Crippen LogP contribution in [-0.4, -0.2) is 19.7 Å². The van der Waals surface area contributed by atoms with Gasteiger partial charge in [0.1, 0.15) is 5.41 Å². The molecule has 1 aromatic carbocycles. The fourth-order valence-corrected chi connectivity index (χ4v) is 2.56. The monoisotopic (exact) mass is 271 g/mol. The van der Waals surface area contributed by atoms with E-state index in [1.54, 1.807) is 18.2 Å². The minimum atomic E-state index is -1.16. The molecular weight excluding hydrogens is 258 g/mol. The summed E-state index contributed by atoms with van der Waals surface area (Å²) in [5, 5.41) is 9.56. The van der Waals surface area contributed by atoms with E-state index in [1.165, 1.54) is 13.2 Å². The first-order valence-corrected chi connectivity index (χ1v) is 6.30. The van der Waals surface area contributed by atoms with Gasteiger partial charge in [-0.25, -0.2) is 0 Å². The Morgan fingerprint density at radius 1 is 1.35 bits per heavy atom. The number of rotatable bonds is 2. The van der Waals surface area contributed by atoms with E-state index in [0.717, 1.165) is 0 Å². The van der Waals surface area contributed by atoms with Gasteiger partial charge in [-0.2, -0.15) is 5.26 Å². The molecule has 1 aromatic rings. The number of nitriles is 1. The Morgan fingerprint density at radius 3 is 2.85 bits per heavy atom. The van der Waals surface area contributed by atoms with Gasteiger partial charge in [-0.05, 0) is 24.1 Å². The van der Waals surface area contributed by atoms with E-state index in [9.17, 15) is 10.1 Å². The maximum absolute atomic E-state index is 12.4. The Morgan fingerprint density at radius 2 is 2.15 bits per heavy atom.